The summed E-state index contributed by atoms with van der Waals surface area (Å²) in [7, 11) is 0. The summed E-state index contributed by atoms with van der Waals surface area (Å²) in [6.45, 7) is 1.99. The van der Waals surface area contributed by atoms with Crippen LogP contribution in [0.5, 0.6) is 0 Å². The van der Waals surface area contributed by atoms with Crippen molar-refractivity contribution < 1.29 is 4.42 Å². The highest BCUT2D eigenvalue weighted by molar-refractivity contribution is 5.77. The van der Waals surface area contributed by atoms with Gasteiger partial charge in [0.2, 0.25) is 0 Å². The summed E-state index contributed by atoms with van der Waals surface area (Å²) in [6.07, 6.45) is 7.10. The average Bonchev–Trinajstić information content (AvgIpc) is 2.72. The van der Waals surface area contributed by atoms with E-state index in [9.17, 15) is 0 Å². The maximum absolute atomic E-state index is 5.20. The molecule has 0 spiro atoms. The third-order valence-corrected chi connectivity index (χ3v) is 1.80. The molecular formula is C10H10N2O. The Labute approximate surface area is 76.3 Å². The summed E-state index contributed by atoms with van der Waals surface area (Å²) in [5.41, 5.74) is 1.09. The molecule has 3 heteroatoms. The molecule has 0 aliphatic carbocycles. The van der Waals surface area contributed by atoms with Crippen LogP contribution in [0.3, 0.4) is 0 Å². The van der Waals surface area contributed by atoms with Crippen LogP contribution < -0.4 is 0 Å². The second-order valence-corrected chi connectivity index (χ2v) is 2.78. The molecule has 3 nitrogen and oxygen atoms in total. The van der Waals surface area contributed by atoms with E-state index in [2.05, 4.69) is 5.10 Å². The van der Waals surface area contributed by atoms with Crippen molar-refractivity contribution in [3.05, 3.63) is 48.2 Å². The molecule has 0 aromatic carbocycles. The van der Waals surface area contributed by atoms with E-state index in [-0.39, 0.29) is 0 Å². The van der Waals surface area contributed by atoms with E-state index in [0.29, 0.717) is 0 Å². The van der Waals surface area contributed by atoms with Crippen LogP contribution in [0.15, 0.2) is 46.4 Å². The second-order valence-electron chi connectivity index (χ2n) is 2.78. The molecule has 13 heavy (non-hydrogen) atoms. The molecule has 0 aliphatic heterocycles. The van der Waals surface area contributed by atoms with Gasteiger partial charge in [-0.25, -0.2) is 4.68 Å². The van der Waals surface area contributed by atoms with Gasteiger partial charge in [0.25, 0.3) is 0 Å². The first kappa shape index (κ1) is 7.86. The number of aromatic nitrogens is 1. The summed E-state index contributed by atoms with van der Waals surface area (Å²) >= 11 is 0. The molecule has 2 heterocycles. The lowest BCUT2D eigenvalue weighted by Crippen LogP contribution is -1.86. The first-order valence-corrected chi connectivity index (χ1v) is 4.08. The maximum atomic E-state index is 5.20. The zero-order chi connectivity index (χ0) is 9.10. The van der Waals surface area contributed by atoms with Crippen molar-refractivity contribution in [2.45, 2.75) is 6.92 Å². The molecule has 2 aromatic rings. The van der Waals surface area contributed by atoms with Gasteiger partial charge in [0.05, 0.1) is 12.5 Å². The molecule has 0 saturated carbocycles. The fraction of sp³-hybridized carbons (Fsp3) is 0.100. The molecule has 2 aromatic heterocycles. The smallest absolute Gasteiger partial charge is 0.149 e. The topological polar surface area (TPSA) is 30.4 Å². The van der Waals surface area contributed by atoms with Crippen molar-refractivity contribution in [3.63, 3.8) is 0 Å². The lowest BCUT2D eigenvalue weighted by molar-refractivity contribution is 0.557. The molecule has 0 bridgehead atoms. The minimum absolute atomic E-state index is 0.800. The van der Waals surface area contributed by atoms with Gasteiger partial charge in [-0.2, -0.15) is 5.10 Å². The van der Waals surface area contributed by atoms with Crippen LogP contribution in [0, 0.1) is 6.92 Å². The lowest BCUT2D eigenvalue weighted by atomic mass is 10.3. The fourth-order valence-electron chi connectivity index (χ4n) is 1.04. The molecule has 0 amide bonds. The Morgan fingerprint density at radius 2 is 2.15 bits per heavy atom. The Morgan fingerprint density at radius 3 is 2.77 bits per heavy atom. The second kappa shape index (κ2) is 3.31. The van der Waals surface area contributed by atoms with Crippen molar-refractivity contribution in [2.24, 2.45) is 5.10 Å². The molecule has 66 valence electrons. The van der Waals surface area contributed by atoms with E-state index in [1.54, 1.807) is 17.2 Å². The summed E-state index contributed by atoms with van der Waals surface area (Å²) in [4.78, 5) is 0. The highest BCUT2D eigenvalue weighted by Crippen LogP contribution is 2.05. The van der Waals surface area contributed by atoms with Gasteiger partial charge in [-0.3, -0.25) is 0 Å². The summed E-state index contributed by atoms with van der Waals surface area (Å²) in [5.74, 6) is 0.800. The van der Waals surface area contributed by atoms with E-state index < -0.39 is 0 Å². The lowest BCUT2D eigenvalue weighted by Gasteiger charge is -1.90. The first-order chi connectivity index (χ1) is 6.36. The molecule has 0 aliphatic rings. The number of hydrogen-bond donors (Lipinski definition) is 0. The first-order valence-electron chi connectivity index (χ1n) is 4.08. The standard InChI is InChI=1S/C10H10N2O/c1-9-4-7-13-10(9)8-11-12-5-2-3-6-12/h2-8H,1H3/b11-8+. The molecule has 0 fully saturated rings. The van der Waals surface area contributed by atoms with Gasteiger partial charge < -0.3 is 4.42 Å². The van der Waals surface area contributed by atoms with Crippen molar-refractivity contribution in [2.75, 3.05) is 0 Å². The molecular weight excluding hydrogens is 164 g/mol. The van der Waals surface area contributed by atoms with Crippen LogP contribution in [-0.2, 0) is 0 Å². The van der Waals surface area contributed by atoms with Crippen LogP contribution in [0.1, 0.15) is 11.3 Å². The molecule has 0 unspecified atom stereocenters. The Morgan fingerprint density at radius 1 is 1.38 bits per heavy atom. The molecule has 0 N–H and O–H groups in total. The van der Waals surface area contributed by atoms with Gasteiger partial charge in [0.1, 0.15) is 5.76 Å². The number of nitrogens with zero attached hydrogens (tertiary/aromatic N) is 2. The van der Waals surface area contributed by atoms with Crippen LogP contribution in [0.4, 0.5) is 0 Å². The summed E-state index contributed by atoms with van der Waals surface area (Å²) in [5, 5.41) is 4.17. The van der Waals surface area contributed by atoms with Gasteiger partial charge in [0, 0.05) is 12.4 Å². The van der Waals surface area contributed by atoms with E-state index in [0.717, 1.165) is 11.3 Å². The van der Waals surface area contributed by atoms with Crippen LogP contribution in [0.2, 0.25) is 0 Å². The predicted octanol–water partition coefficient (Wildman–Crippen LogP) is 2.27. The maximum Gasteiger partial charge on any atom is 0.149 e. The van der Waals surface area contributed by atoms with Gasteiger partial charge >= 0.3 is 0 Å². The third kappa shape index (κ3) is 1.69. The van der Waals surface area contributed by atoms with Crippen LogP contribution in [0.25, 0.3) is 0 Å². The quantitative estimate of drug-likeness (QED) is 0.642. The van der Waals surface area contributed by atoms with Gasteiger partial charge in [-0.1, -0.05) is 0 Å². The monoisotopic (exact) mass is 174 g/mol. The number of hydrogen-bond acceptors (Lipinski definition) is 2. The summed E-state index contributed by atoms with van der Waals surface area (Å²) < 4.78 is 6.92. The number of rotatable bonds is 2. The normalized spacial score (nSPS) is 11.2. The summed E-state index contributed by atoms with van der Waals surface area (Å²) in [6, 6.07) is 5.76. The van der Waals surface area contributed by atoms with E-state index in [1.807, 2.05) is 37.5 Å². The van der Waals surface area contributed by atoms with Crippen molar-refractivity contribution in [1.29, 1.82) is 0 Å². The highest BCUT2D eigenvalue weighted by atomic mass is 16.3. The van der Waals surface area contributed by atoms with Gasteiger partial charge in [-0.15, -0.1) is 0 Å². The fourth-order valence-corrected chi connectivity index (χ4v) is 1.04. The molecule has 2 rings (SSSR count). The molecule has 0 saturated heterocycles. The van der Waals surface area contributed by atoms with E-state index >= 15 is 0 Å². The largest absolute Gasteiger partial charge is 0.463 e. The number of aryl methyl sites for hydroxylation is 1. The molecule has 0 radical (unpaired) electrons. The average molecular weight is 174 g/mol. The predicted molar refractivity (Wildman–Crippen MR) is 50.9 cm³/mol. The SMILES string of the molecule is Cc1ccoc1/C=N/n1cccc1. The third-order valence-electron chi connectivity index (χ3n) is 1.80. The van der Waals surface area contributed by atoms with E-state index in [4.69, 9.17) is 4.42 Å². The van der Waals surface area contributed by atoms with Crippen molar-refractivity contribution in [1.82, 2.24) is 4.68 Å². The van der Waals surface area contributed by atoms with E-state index in [1.165, 1.54) is 0 Å². The minimum Gasteiger partial charge on any atom is -0.463 e. The highest BCUT2D eigenvalue weighted by Gasteiger charge is 1.95. The van der Waals surface area contributed by atoms with Crippen LogP contribution in [-0.4, -0.2) is 10.9 Å². The van der Waals surface area contributed by atoms with Crippen molar-refractivity contribution >= 4 is 6.21 Å². The minimum atomic E-state index is 0.800. The number of furan rings is 1. The van der Waals surface area contributed by atoms with Crippen LogP contribution >= 0.6 is 0 Å². The zero-order valence-electron chi connectivity index (χ0n) is 7.34. The Balaban J connectivity index is 2.19. The zero-order valence-corrected chi connectivity index (χ0v) is 7.34. The Hall–Kier alpha value is -1.77. The van der Waals surface area contributed by atoms with Gasteiger partial charge in [-0.05, 0) is 30.7 Å². The van der Waals surface area contributed by atoms with Crippen molar-refractivity contribution in [3.8, 4) is 0 Å². The molecule has 0 atom stereocenters. The van der Waals surface area contributed by atoms with Gasteiger partial charge in [0.15, 0.2) is 0 Å². The Bertz CT molecular complexity index is 398. The Kier molecular flexibility index (Phi) is 2.00.